The quantitative estimate of drug-likeness (QED) is 0.235. The molecule has 0 aliphatic rings. The third-order valence-electron chi connectivity index (χ3n) is 3.43. The van der Waals surface area contributed by atoms with Crippen molar-refractivity contribution in [2.75, 3.05) is 13.2 Å². The number of alkyl carbamates (subject to hydrolysis) is 1. The Kier molecular flexibility index (Phi) is 9.54. The normalized spacial score (nSPS) is 11.7. The van der Waals surface area contributed by atoms with Gasteiger partial charge >= 0.3 is 17.9 Å². The van der Waals surface area contributed by atoms with Gasteiger partial charge in [-0.25, -0.2) is 14.4 Å². The van der Waals surface area contributed by atoms with Gasteiger partial charge in [0.05, 0.1) is 13.2 Å². The molecule has 0 spiro atoms. The number of nitrogens with one attached hydrogen (secondary N) is 1. The molecule has 28 heavy (non-hydrogen) atoms. The number of esters is 1. The van der Waals surface area contributed by atoms with Crippen LogP contribution in [0.4, 0.5) is 4.79 Å². The molecule has 12 nitrogen and oxygen atoms in total. The summed E-state index contributed by atoms with van der Waals surface area (Å²) in [6, 6.07) is -0.954. The third kappa shape index (κ3) is 9.05. The van der Waals surface area contributed by atoms with Gasteiger partial charge in [-0.2, -0.15) is 0 Å². The van der Waals surface area contributed by atoms with Crippen LogP contribution >= 0.6 is 0 Å². The summed E-state index contributed by atoms with van der Waals surface area (Å²) in [7, 11) is 0. The molecule has 0 aliphatic carbocycles. The number of nitrogens with zero attached hydrogens (tertiary/aromatic N) is 1. The van der Waals surface area contributed by atoms with Gasteiger partial charge in [0, 0.05) is 0 Å². The fraction of sp³-hybridized carbons (Fsp3) is 0.688. The Bertz CT molecular complexity index is 709. The molecule has 12 heteroatoms. The number of carbonyl (C=O) groups excluding carboxylic acids is 2. The van der Waals surface area contributed by atoms with Crippen molar-refractivity contribution in [1.29, 1.82) is 0 Å². The lowest BCUT2D eigenvalue weighted by molar-refractivity contribution is -0.757. The van der Waals surface area contributed by atoms with Gasteiger partial charge in [-0.1, -0.05) is 13.8 Å². The number of hydrogen-bond acceptors (Lipinski definition) is 10. The Morgan fingerprint density at radius 1 is 1.18 bits per heavy atom. The van der Waals surface area contributed by atoms with E-state index in [1.807, 2.05) is 13.8 Å². The van der Waals surface area contributed by atoms with Crippen LogP contribution in [-0.2, 0) is 25.7 Å². The van der Waals surface area contributed by atoms with E-state index in [4.69, 9.17) is 13.9 Å². The summed E-state index contributed by atoms with van der Waals surface area (Å²) in [5.41, 5.74) is 0. The highest BCUT2D eigenvalue weighted by atomic mass is 16.9. The average molecular weight is 404 g/mol. The minimum absolute atomic E-state index is 0.00965. The Labute approximate surface area is 160 Å². The third-order valence-corrected chi connectivity index (χ3v) is 3.43. The second kappa shape index (κ2) is 11.6. The Hall–Kier alpha value is -3.05. The smallest absolute Gasteiger partial charge is 0.456 e. The van der Waals surface area contributed by atoms with Crippen molar-refractivity contribution in [3.05, 3.63) is 32.3 Å². The lowest BCUT2D eigenvalue weighted by atomic mass is 10.0. The molecule has 1 N–H and O–H groups in total. The molecule has 1 atom stereocenters. The molecular weight excluding hydrogens is 380 g/mol. The highest BCUT2D eigenvalue weighted by Crippen LogP contribution is 2.11. The van der Waals surface area contributed by atoms with Crippen LogP contribution in [0.2, 0.25) is 0 Å². The molecule has 1 unspecified atom stereocenters. The fourth-order valence-electron chi connectivity index (χ4n) is 2.12. The zero-order valence-corrected chi connectivity index (χ0v) is 15.9. The van der Waals surface area contributed by atoms with Crippen LogP contribution in [0.5, 0.6) is 0 Å². The maximum Gasteiger partial charge on any atom is 0.519 e. The van der Waals surface area contributed by atoms with Crippen molar-refractivity contribution in [3.63, 3.8) is 0 Å². The van der Waals surface area contributed by atoms with E-state index in [0.717, 1.165) is 0 Å². The Balaban J connectivity index is 2.44. The number of unbranched alkanes of at least 4 members (excludes halogenated alkanes) is 1. The van der Waals surface area contributed by atoms with Crippen LogP contribution in [0.25, 0.3) is 0 Å². The maximum absolute atomic E-state index is 12.3. The van der Waals surface area contributed by atoms with Gasteiger partial charge in [0.25, 0.3) is 5.09 Å². The minimum atomic E-state index is -0.954. The predicted octanol–water partition coefficient (Wildman–Crippen LogP) is 1.71. The molecular formula is C16H24N2O10. The largest absolute Gasteiger partial charge is 0.519 e. The SMILES string of the molecule is Cc1oc(=O)oc1COC(=O)C(CC(C)C)NC(=O)OCCCCO[N+](=O)[O-]. The zero-order valence-electron chi connectivity index (χ0n) is 15.9. The molecule has 0 fully saturated rings. The van der Waals surface area contributed by atoms with E-state index in [1.54, 1.807) is 0 Å². The molecule has 0 saturated carbocycles. The van der Waals surface area contributed by atoms with Crippen molar-refractivity contribution in [1.82, 2.24) is 5.32 Å². The van der Waals surface area contributed by atoms with E-state index in [2.05, 4.69) is 14.6 Å². The van der Waals surface area contributed by atoms with Gasteiger partial charge in [-0.15, -0.1) is 10.1 Å². The second-order valence-corrected chi connectivity index (χ2v) is 6.27. The summed E-state index contributed by atoms with van der Waals surface area (Å²) in [6.07, 6.45) is 0.183. The monoisotopic (exact) mass is 404 g/mol. The molecule has 1 aromatic rings. The minimum Gasteiger partial charge on any atom is -0.456 e. The second-order valence-electron chi connectivity index (χ2n) is 6.27. The maximum atomic E-state index is 12.3. The standard InChI is InChI=1S/C16H24N2O10/c1-10(2)8-12(14(19)25-9-13-11(3)27-16(21)28-13)17-15(20)24-6-4-5-7-26-18(22)23/h10,12H,4-9H2,1-3H3,(H,17,20). The summed E-state index contributed by atoms with van der Waals surface area (Å²) in [5, 5.41) is 11.5. The van der Waals surface area contributed by atoms with E-state index < -0.39 is 29.0 Å². The van der Waals surface area contributed by atoms with E-state index in [9.17, 15) is 24.5 Å². The van der Waals surface area contributed by atoms with Crippen molar-refractivity contribution in [3.8, 4) is 0 Å². The predicted molar refractivity (Wildman–Crippen MR) is 91.7 cm³/mol. The number of carbonyl (C=O) groups is 2. The molecule has 0 bridgehead atoms. The Morgan fingerprint density at radius 3 is 2.43 bits per heavy atom. The van der Waals surface area contributed by atoms with Gasteiger partial charge in [0.2, 0.25) is 0 Å². The van der Waals surface area contributed by atoms with Crippen molar-refractivity contribution >= 4 is 12.1 Å². The summed E-state index contributed by atoms with van der Waals surface area (Å²) in [4.78, 5) is 49.2. The molecule has 1 aromatic heterocycles. The topological polar surface area (TPSA) is 160 Å². The molecule has 1 heterocycles. The van der Waals surface area contributed by atoms with Gasteiger partial charge in [0.1, 0.15) is 6.04 Å². The summed E-state index contributed by atoms with van der Waals surface area (Å²) in [5.74, 6) is -1.25. The number of hydrogen-bond donors (Lipinski definition) is 1. The van der Waals surface area contributed by atoms with E-state index in [1.165, 1.54) is 6.92 Å². The van der Waals surface area contributed by atoms with Crippen molar-refractivity contribution in [2.24, 2.45) is 5.92 Å². The first-order chi connectivity index (χ1) is 13.2. The molecule has 0 aromatic carbocycles. The summed E-state index contributed by atoms with van der Waals surface area (Å²) in [6.45, 7) is 4.83. The first-order valence-corrected chi connectivity index (χ1v) is 8.65. The number of ether oxygens (including phenoxy) is 2. The molecule has 1 rings (SSSR count). The highest BCUT2D eigenvalue weighted by molar-refractivity contribution is 5.81. The number of amides is 1. The fourth-order valence-corrected chi connectivity index (χ4v) is 2.12. The lowest BCUT2D eigenvalue weighted by Gasteiger charge is -2.19. The van der Waals surface area contributed by atoms with Gasteiger partial charge < -0.3 is 28.5 Å². The lowest BCUT2D eigenvalue weighted by Crippen LogP contribution is -2.43. The van der Waals surface area contributed by atoms with E-state index in [0.29, 0.717) is 19.3 Å². The number of rotatable bonds is 12. The molecule has 158 valence electrons. The molecule has 0 aliphatic heterocycles. The van der Waals surface area contributed by atoms with Crippen molar-refractivity contribution < 1.29 is 37.8 Å². The summed E-state index contributed by atoms with van der Waals surface area (Å²) < 4.78 is 19.4. The first-order valence-electron chi connectivity index (χ1n) is 8.65. The van der Waals surface area contributed by atoms with E-state index >= 15 is 0 Å². The van der Waals surface area contributed by atoms with Crippen LogP contribution in [0, 0.1) is 23.0 Å². The Morgan fingerprint density at radius 2 is 1.86 bits per heavy atom. The van der Waals surface area contributed by atoms with Crippen LogP contribution < -0.4 is 11.1 Å². The molecule has 1 amide bonds. The van der Waals surface area contributed by atoms with Crippen LogP contribution in [0.15, 0.2) is 13.6 Å². The highest BCUT2D eigenvalue weighted by Gasteiger charge is 2.25. The summed E-state index contributed by atoms with van der Waals surface area (Å²) >= 11 is 0. The average Bonchev–Trinajstić information content (AvgIpc) is 2.92. The molecule has 0 saturated heterocycles. The zero-order chi connectivity index (χ0) is 21.1. The van der Waals surface area contributed by atoms with Gasteiger partial charge in [-0.05, 0) is 32.1 Å². The number of aryl methyl sites for hydroxylation is 1. The van der Waals surface area contributed by atoms with Crippen LogP contribution in [0.1, 0.15) is 44.6 Å². The first kappa shape index (κ1) is 23.0. The van der Waals surface area contributed by atoms with Gasteiger partial charge in [-0.3, -0.25) is 0 Å². The molecule has 0 radical (unpaired) electrons. The van der Waals surface area contributed by atoms with E-state index in [-0.39, 0.29) is 37.3 Å². The van der Waals surface area contributed by atoms with Crippen LogP contribution in [0.3, 0.4) is 0 Å². The van der Waals surface area contributed by atoms with Crippen molar-refractivity contribution in [2.45, 2.75) is 52.7 Å². The van der Waals surface area contributed by atoms with Gasteiger partial charge in [0.15, 0.2) is 18.1 Å². The van der Waals surface area contributed by atoms with Crippen LogP contribution in [-0.4, -0.2) is 36.4 Å².